The molecule has 0 atom stereocenters. The van der Waals surface area contributed by atoms with Crippen LogP contribution in [0.25, 0.3) is 11.3 Å². The van der Waals surface area contributed by atoms with Crippen LogP contribution in [-0.4, -0.2) is 14.9 Å². The van der Waals surface area contributed by atoms with Crippen LogP contribution in [0.4, 0.5) is 5.69 Å². The zero-order valence-corrected chi connectivity index (χ0v) is 14.5. The van der Waals surface area contributed by atoms with Gasteiger partial charge in [-0.05, 0) is 61.7 Å². The average molecular weight is 351 g/mol. The van der Waals surface area contributed by atoms with Crippen LogP contribution < -0.4 is 5.69 Å². The summed E-state index contributed by atoms with van der Waals surface area (Å²) in [5.41, 5.74) is 2.19. The van der Waals surface area contributed by atoms with Crippen LogP contribution in [0.15, 0.2) is 35.3 Å². The number of aromatic nitrogens is 2. The molecule has 0 radical (unpaired) electrons. The molecule has 2 aromatic rings. The molecule has 0 saturated heterocycles. The Morgan fingerprint density at radius 1 is 1.12 bits per heavy atom. The van der Waals surface area contributed by atoms with Crippen molar-refractivity contribution in [1.82, 2.24) is 9.97 Å². The van der Waals surface area contributed by atoms with Crippen LogP contribution in [0.3, 0.4) is 0 Å². The van der Waals surface area contributed by atoms with Crippen LogP contribution in [0.5, 0.6) is 0 Å². The van der Waals surface area contributed by atoms with Gasteiger partial charge < -0.3 is 4.98 Å². The van der Waals surface area contributed by atoms with E-state index in [1.54, 1.807) is 18.3 Å². The Morgan fingerprint density at radius 2 is 1.77 bits per heavy atom. The number of hydrogen-bond donors (Lipinski definition) is 1. The topological polar surface area (TPSA) is 88.9 Å². The fourth-order valence-electron chi connectivity index (χ4n) is 6.24. The molecule has 4 aliphatic carbocycles. The Hall–Kier alpha value is -2.50. The fourth-order valence-corrected chi connectivity index (χ4v) is 6.24. The summed E-state index contributed by atoms with van der Waals surface area (Å²) in [5, 5.41) is 11.2. The highest BCUT2D eigenvalue weighted by atomic mass is 16.6. The van der Waals surface area contributed by atoms with Gasteiger partial charge in [-0.15, -0.1) is 0 Å². The highest BCUT2D eigenvalue weighted by Gasteiger charge is 2.52. The van der Waals surface area contributed by atoms with Crippen LogP contribution in [0, 0.1) is 27.9 Å². The minimum Gasteiger partial charge on any atom is -0.305 e. The van der Waals surface area contributed by atoms with E-state index in [1.807, 2.05) is 6.07 Å². The maximum atomic E-state index is 12.0. The number of nitrogens with one attached hydrogen (secondary N) is 1. The molecule has 0 amide bonds. The lowest BCUT2D eigenvalue weighted by molar-refractivity contribution is -0.384. The van der Waals surface area contributed by atoms with E-state index in [-0.39, 0.29) is 11.1 Å². The summed E-state index contributed by atoms with van der Waals surface area (Å²) in [6.07, 6.45) is 9.19. The zero-order chi connectivity index (χ0) is 17.9. The van der Waals surface area contributed by atoms with Gasteiger partial charge in [0.05, 0.1) is 10.6 Å². The third-order valence-electron chi connectivity index (χ3n) is 6.77. The number of benzene rings is 1. The molecule has 0 unspecified atom stereocenters. The van der Waals surface area contributed by atoms with Crippen molar-refractivity contribution in [2.24, 2.45) is 17.8 Å². The number of H-pyrrole nitrogens is 1. The summed E-state index contributed by atoms with van der Waals surface area (Å²) in [7, 11) is 0. The number of hydrogen-bond acceptors (Lipinski definition) is 4. The van der Waals surface area contributed by atoms with Crippen molar-refractivity contribution in [2.75, 3.05) is 0 Å². The minimum absolute atomic E-state index is 0.0385. The van der Waals surface area contributed by atoms with Crippen molar-refractivity contribution in [3.8, 4) is 11.3 Å². The number of aromatic amines is 1. The lowest BCUT2D eigenvalue weighted by Crippen LogP contribution is -2.49. The van der Waals surface area contributed by atoms with Crippen molar-refractivity contribution >= 4 is 5.69 Å². The summed E-state index contributed by atoms with van der Waals surface area (Å²) < 4.78 is 0. The Balaban J connectivity index is 1.66. The van der Waals surface area contributed by atoms with Crippen molar-refractivity contribution in [3.05, 3.63) is 56.6 Å². The molecule has 0 aliphatic heterocycles. The molecule has 26 heavy (non-hydrogen) atoms. The quantitative estimate of drug-likeness (QED) is 0.672. The predicted molar refractivity (Wildman–Crippen MR) is 96.8 cm³/mol. The van der Waals surface area contributed by atoms with E-state index in [1.165, 1.54) is 25.3 Å². The second-order valence-electron chi connectivity index (χ2n) is 8.48. The molecule has 4 fully saturated rings. The molecule has 0 spiro atoms. The van der Waals surface area contributed by atoms with Gasteiger partial charge >= 0.3 is 5.69 Å². The summed E-state index contributed by atoms with van der Waals surface area (Å²) >= 11 is 0. The molecule has 1 aromatic heterocycles. The Morgan fingerprint density at radius 3 is 2.38 bits per heavy atom. The monoisotopic (exact) mass is 351 g/mol. The number of nitro benzene ring substituents is 1. The molecule has 6 heteroatoms. The van der Waals surface area contributed by atoms with E-state index in [2.05, 4.69) is 9.97 Å². The van der Waals surface area contributed by atoms with Crippen molar-refractivity contribution in [2.45, 2.75) is 43.9 Å². The molecular formula is C20H21N3O3. The van der Waals surface area contributed by atoms with Crippen LogP contribution in [-0.2, 0) is 5.41 Å². The van der Waals surface area contributed by atoms with Crippen LogP contribution in [0.1, 0.15) is 44.1 Å². The van der Waals surface area contributed by atoms with Crippen LogP contribution in [0.2, 0.25) is 0 Å². The second-order valence-corrected chi connectivity index (χ2v) is 8.48. The molecule has 4 bridgehead atoms. The zero-order valence-electron chi connectivity index (χ0n) is 14.5. The normalized spacial score (nSPS) is 31.9. The lowest BCUT2D eigenvalue weighted by Gasteiger charge is -2.57. The van der Waals surface area contributed by atoms with E-state index in [0.717, 1.165) is 48.3 Å². The van der Waals surface area contributed by atoms with E-state index >= 15 is 0 Å². The van der Waals surface area contributed by atoms with Gasteiger partial charge in [-0.2, -0.15) is 0 Å². The highest BCUT2D eigenvalue weighted by Crippen LogP contribution is 2.61. The molecule has 6 rings (SSSR count). The number of non-ortho nitro benzene ring substituents is 1. The summed E-state index contributed by atoms with van der Waals surface area (Å²) in [6.45, 7) is 0. The summed E-state index contributed by atoms with van der Waals surface area (Å²) in [6, 6.07) is 6.54. The lowest BCUT2D eigenvalue weighted by atomic mass is 9.48. The van der Waals surface area contributed by atoms with E-state index in [4.69, 9.17) is 0 Å². The first-order valence-corrected chi connectivity index (χ1v) is 9.37. The predicted octanol–water partition coefficient (Wildman–Crippen LogP) is 3.81. The first-order valence-electron chi connectivity index (χ1n) is 9.37. The van der Waals surface area contributed by atoms with Crippen molar-refractivity contribution < 1.29 is 4.92 Å². The van der Waals surface area contributed by atoms with Gasteiger partial charge in [0.2, 0.25) is 0 Å². The smallest absolute Gasteiger partial charge is 0.305 e. The highest BCUT2D eigenvalue weighted by molar-refractivity contribution is 5.67. The minimum atomic E-state index is -0.403. The maximum absolute atomic E-state index is 12.0. The SMILES string of the molecule is O=c1ncc(C23CC4CC(CC(C4)C2)C3)c(-c2cccc([N+](=O)[O-])c2)[nH]1. The summed E-state index contributed by atoms with van der Waals surface area (Å²) in [5.74, 6) is 2.31. The molecule has 6 nitrogen and oxygen atoms in total. The van der Waals surface area contributed by atoms with Gasteiger partial charge in [0.25, 0.3) is 5.69 Å². The average Bonchev–Trinajstić information content (AvgIpc) is 2.60. The van der Waals surface area contributed by atoms with Gasteiger partial charge in [-0.1, -0.05) is 12.1 Å². The van der Waals surface area contributed by atoms with Gasteiger partial charge in [0.15, 0.2) is 0 Å². The summed E-state index contributed by atoms with van der Waals surface area (Å²) in [4.78, 5) is 29.7. The molecule has 1 aromatic carbocycles. The van der Waals surface area contributed by atoms with Crippen molar-refractivity contribution in [1.29, 1.82) is 0 Å². The molecular weight excluding hydrogens is 330 g/mol. The molecule has 1 N–H and O–H groups in total. The van der Waals surface area contributed by atoms with Crippen molar-refractivity contribution in [3.63, 3.8) is 0 Å². The first-order chi connectivity index (χ1) is 12.5. The van der Waals surface area contributed by atoms with Crippen LogP contribution >= 0.6 is 0 Å². The number of rotatable bonds is 3. The van der Waals surface area contributed by atoms with Gasteiger partial charge in [-0.25, -0.2) is 9.78 Å². The first kappa shape index (κ1) is 15.7. The van der Waals surface area contributed by atoms with Gasteiger partial charge in [-0.3, -0.25) is 10.1 Å². The van der Waals surface area contributed by atoms with E-state index in [9.17, 15) is 14.9 Å². The molecule has 134 valence electrons. The number of nitro groups is 1. The molecule has 1 heterocycles. The Bertz CT molecular complexity index is 914. The Kier molecular flexibility index (Phi) is 3.33. The van der Waals surface area contributed by atoms with Gasteiger partial charge in [0.1, 0.15) is 0 Å². The third kappa shape index (κ3) is 2.39. The molecule has 4 aliphatic rings. The molecule has 4 saturated carbocycles. The largest absolute Gasteiger partial charge is 0.345 e. The van der Waals surface area contributed by atoms with E-state index in [0.29, 0.717) is 5.56 Å². The second kappa shape index (κ2) is 5.50. The fraction of sp³-hybridized carbons (Fsp3) is 0.500. The Labute approximate surface area is 150 Å². The standard InChI is InChI=1S/C20H21N3O3/c24-19-21-11-17(18(22-19)15-2-1-3-16(7-15)23(25)26)20-8-12-4-13(9-20)6-14(5-12)10-20/h1-3,7,11-14H,4-6,8-10H2,(H,21,22,24). The number of nitrogens with zero attached hydrogens (tertiary/aromatic N) is 2. The van der Waals surface area contributed by atoms with E-state index < -0.39 is 10.6 Å². The maximum Gasteiger partial charge on any atom is 0.345 e. The van der Waals surface area contributed by atoms with Gasteiger partial charge in [0, 0.05) is 29.5 Å². The third-order valence-corrected chi connectivity index (χ3v) is 6.77.